The van der Waals surface area contributed by atoms with Crippen LogP contribution in [-0.4, -0.2) is 38.8 Å². The lowest BCUT2D eigenvalue weighted by Crippen LogP contribution is -2.27. The molecule has 1 fully saturated rings. The number of carbonyl (C=O) groups excluding carboxylic acids is 1. The second kappa shape index (κ2) is 6.49. The zero-order valence-electron chi connectivity index (χ0n) is 13.4. The van der Waals surface area contributed by atoms with E-state index in [1.54, 1.807) is 22.7 Å². The molecule has 4 rings (SSSR count). The van der Waals surface area contributed by atoms with E-state index in [2.05, 4.69) is 15.3 Å². The highest BCUT2D eigenvalue weighted by Gasteiger charge is 2.21. The summed E-state index contributed by atoms with van der Waals surface area (Å²) in [6.45, 7) is 3.73. The predicted octanol–water partition coefficient (Wildman–Crippen LogP) is 3.73. The van der Waals surface area contributed by atoms with Crippen molar-refractivity contribution in [2.45, 2.75) is 26.2 Å². The second-order valence-corrected chi connectivity index (χ2v) is 7.87. The molecule has 24 heavy (non-hydrogen) atoms. The van der Waals surface area contributed by atoms with Gasteiger partial charge in [-0.05, 0) is 25.8 Å². The monoisotopic (exact) mass is 358 g/mol. The van der Waals surface area contributed by atoms with Crippen LogP contribution < -0.4 is 0 Å². The molecule has 0 aliphatic carbocycles. The number of hydrogen-bond donors (Lipinski definition) is 1. The number of carbonyl (C=O) groups is 1. The Morgan fingerprint density at radius 1 is 1.21 bits per heavy atom. The summed E-state index contributed by atoms with van der Waals surface area (Å²) in [5, 5.41) is 6.25. The molecule has 4 heterocycles. The molecule has 0 spiro atoms. The maximum atomic E-state index is 12.4. The SMILES string of the molecule is Cc1csc(Cc2nc(-c3c[nH]c(C(=O)N4CCCC4)c3)cs2)n1. The molecular weight excluding hydrogens is 340 g/mol. The zero-order chi connectivity index (χ0) is 16.5. The van der Waals surface area contributed by atoms with Crippen molar-refractivity contribution >= 4 is 28.6 Å². The molecule has 1 amide bonds. The van der Waals surface area contributed by atoms with E-state index >= 15 is 0 Å². The summed E-state index contributed by atoms with van der Waals surface area (Å²) in [4.78, 5) is 26.6. The lowest BCUT2D eigenvalue weighted by atomic mass is 10.2. The van der Waals surface area contributed by atoms with E-state index in [9.17, 15) is 4.79 Å². The van der Waals surface area contributed by atoms with Crippen molar-refractivity contribution in [3.63, 3.8) is 0 Å². The molecule has 0 bridgehead atoms. The molecule has 1 saturated heterocycles. The van der Waals surface area contributed by atoms with Crippen molar-refractivity contribution in [3.05, 3.63) is 44.4 Å². The Kier molecular flexibility index (Phi) is 4.20. The van der Waals surface area contributed by atoms with Gasteiger partial charge in [0.25, 0.3) is 5.91 Å². The minimum Gasteiger partial charge on any atom is -0.357 e. The number of rotatable bonds is 4. The number of amides is 1. The number of H-pyrrole nitrogens is 1. The minimum absolute atomic E-state index is 0.0902. The summed E-state index contributed by atoms with van der Waals surface area (Å²) in [5.41, 5.74) is 3.59. The molecule has 124 valence electrons. The van der Waals surface area contributed by atoms with Crippen LogP contribution >= 0.6 is 22.7 Å². The van der Waals surface area contributed by atoms with Crippen LogP contribution in [0.2, 0.25) is 0 Å². The number of aryl methyl sites for hydroxylation is 1. The number of likely N-dealkylation sites (tertiary alicyclic amines) is 1. The molecular formula is C17H18N4OS2. The lowest BCUT2D eigenvalue weighted by Gasteiger charge is -2.13. The van der Waals surface area contributed by atoms with Gasteiger partial charge in [0.15, 0.2) is 0 Å². The van der Waals surface area contributed by atoms with Crippen molar-refractivity contribution in [2.24, 2.45) is 0 Å². The number of aromatic amines is 1. The van der Waals surface area contributed by atoms with Gasteiger partial charge in [0, 0.05) is 41.3 Å². The Morgan fingerprint density at radius 3 is 2.71 bits per heavy atom. The van der Waals surface area contributed by atoms with Gasteiger partial charge in [-0.2, -0.15) is 0 Å². The number of nitrogens with one attached hydrogen (secondary N) is 1. The van der Waals surface area contributed by atoms with Crippen LogP contribution in [0.1, 0.15) is 39.0 Å². The lowest BCUT2D eigenvalue weighted by molar-refractivity contribution is 0.0788. The third kappa shape index (κ3) is 3.14. The maximum absolute atomic E-state index is 12.4. The normalized spacial score (nSPS) is 14.5. The summed E-state index contributed by atoms with van der Waals surface area (Å²) < 4.78 is 0. The van der Waals surface area contributed by atoms with Crippen LogP contribution in [0.25, 0.3) is 11.3 Å². The fourth-order valence-electron chi connectivity index (χ4n) is 2.89. The van der Waals surface area contributed by atoms with Gasteiger partial charge in [-0.15, -0.1) is 22.7 Å². The highest BCUT2D eigenvalue weighted by molar-refractivity contribution is 7.11. The first kappa shape index (κ1) is 15.5. The highest BCUT2D eigenvalue weighted by Crippen LogP contribution is 2.25. The molecule has 0 unspecified atom stereocenters. The maximum Gasteiger partial charge on any atom is 0.270 e. The van der Waals surface area contributed by atoms with Crippen molar-refractivity contribution in [1.29, 1.82) is 0 Å². The van der Waals surface area contributed by atoms with E-state index in [0.717, 1.165) is 59.3 Å². The van der Waals surface area contributed by atoms with Crippen LogP contribution in [0.15, 0.2) is 23.0 Å². The van der Waals surface area contributed by atoms with Gasteiger partial charge in [0.2, 0.25) is 0 Å². The smallest absolute Gasteiger partial charge is 0.270 e. The number of aromatic nitrogens is 3. The Labute approximate surface area is 148 Å². The third-order valence-electron chi connectivity index (χ3n) is 4.12. The molecule has 0 saturated carbocycles. The fraction of sp³-hybridized carbons (Fsp3) is 0.353. The first-order chi connectivity index (χ1) is 11.7. The molecule has 0 radical (unpaired) electrons. The highest BCUT2D eigenvalue weighted by atomic mass is 32.1. The standard InChI is InChI=1S/C17H18N4OS2/c1-11-9-23-15(19-11)7-16-20-14(10-24-16)12-6-13(18-8-12)17(22)21-4-2-3-5-21/h6,8-10,18H,2-5,7H2,1H3. The molecule has 0 atom stereocenters. The second-order valence-electron chi connectivity index (χ2n) is 5.99. The van der Waals surface area contributed by atoms with Gasteiger partial charge in [-0.3, -0.25) is 4.79 Å². The molecule has 3 aromatic rings. The van der Waals surface area contributed by atoms with E-state index in [1.165, 1.54) is 0 Å². The predicted molar refractivity (Wildman–Crippen MR) is 96.7 cm³/mol. The first-order valence-corrected chi connectivity index (χ1v) is 9.78. The van der Waals surface area contributed by atoms with Crippen LogP contribution in [-0.2, 0) is 6.42 Å². The summed E-state index contributed by atoms with van der Waals surface area (Å²) in [6, 6.07) is 1.91. The number of nitrogens with zero attached hydrogens (tertiary/aromatic N) is 3. The number of thiazole rings is 2. The molecule has 1 aliphatic rings. The minimum atomic E-state index is 0.0902. The van der Waals surface area contributed by atoms with Crippen LogP contribution in [0.3, 0.4) is 0 Å². The average Bonchev–Trinajstić information content (AvgIpc) is 3.35. The molecule has 0 aromatic carbocycles. The van der Waals surface area contributed by atoms with Crippen molar-refractivity contribution < 1.29 is 4.79 Å². The topological polar surface area (TPSA) is 61.9 Å². The van der Waals surface area contributed by atoms with Crippen LogP contribution in [0, 0.1) is 6.92 Å². The first-order valence-electron chi connectivity index (χ1n) is 8.02. The summed E-state index contributed by atoms with van der Waals surface area (Å²) in [5.74, 6) is 0.0902. The summed E-state index contributed by atoms with van der Waals surface area (Å²) in [6.07, 6.45) is 4.85. The molecule has 5 nitrogen and oxygen atoms in total. The Bertz CT molecular complexity index is 857. The van der Waals surface area contributed by atoms with Crippen LogP contribution in [0.5, 0.6) is 0 Å². The van der Waals surface area contributed by atoms with Gasteiger partial charge < -0.3 is 9.88 Å². The molecule has 7 heteroatoms. The summed E-state index contributed by atoms with van der Waals surface area (Å²) >= 11 is 3.31. The Balaban J connectivity index is 1.49. The van der Waals surface area contributed by atoms with Crippen LogP contribution in [0.4, 0.5) is 0 Å². The Hall–Kier alpha value is -1.99. The number of hydrogen-bond acceptors (Lipinski definition) is 5. The van der Waals surface area contributed by atoms with E-state index in [-0.39, 0.29) is 5.91 Å². The fourth-order valence-corrected chi connectivity index (χ4v) is 4.57. The van der Waals surface area contributed by atoms with E-state index in [0.29, 0.717) is 5.69 Å². The van der Waals surface area contributed by atoms with Crippen molar-refractivity contribution in [3.8, 4) is 11.3 Å². The van der Waals surface area contributed by atoms with Gasteiger partial charge in [0.05, 0.1) is 17.1 Å². The van der Waals surface area contributed by atoms with E-state index in [4.69, 9.17) is 4.98 Å². The van der Waals surface area contributed by atoms with E-state index in [1.807, 2.05) is 29.5 Å². The van der Waals surface area contributed by atoms with Gasteiger partial charge in [-0.25, -0.2) is 9.97 Å². The Morgan fingerprint density at radius 2 is 1.96 bits per heavy atom. The van der Waals surface area contributed by atoms with Crippen molar-refractivity contribution in [2.75, 3.05) is 13.1 Å². The van der Waals surface area contributed by atoms with Gasteiger partial charge in [-0.1, -0.05) is 0 Å². The quantitative estimate of drug-likeness (QED) is 0.773. The van der Waals surface area contributed by atoms with Crippen molar-refractivity contribution in [1.82, 2.24) is 19.9 Å². The largest absolute Gasteiger partial charge is 0.357 e. The van der Waals surface area contributed by atoms with Gasteiger partial charge >= 0.3 is 0 Å². The summed E-state index contributed by atoms with van der Waals surface area (Å²) in [7, 11) is 0. The average molecular weight is 358 g/mol. The van der Waals surface area contributed by atoms with E-state index < -0.39 is 0 Å². The molecule has 1 aliphatic heterocycles. The van der Waals surface area contributed by atoms with Gasteiger partial charge in [0.1, 0.15) is 10.7 Å². The third-order valence-corrected chi connectivity index (χ3v) is 5.94. The zero-order valence-corrected chi connectivity index (χ0v) is 15.0. The molecule has 1 N–H and O–H groups in total. The molecule has 3 aromatic heterocycles.